The van der Waals surface area contributed by atoms with Gasteiger partial charge in [-0.3, -0.25) is 0 Å². The van der Waals surface area contributed by atoms with E-state index >= 15 is 0 Å². The summed E-state index contributed by atoms with van der Waals surface area (Å²) < 4.78 is 67.9. The number of benzene rings is 3. The molecule has 4 rings (SSSR count). The monoisotopic (exact) mass is 709 g/mol. The summed E-state index contributed by atoms with van der Waals surface area (Å²) in [5.74, 6) is 0. The van der Waals surface area contributed by atoms with Gasteiger partial charge in [-0.2, -0.15) is 0 Å². The number of para-hydroxylation sites is 6. The van der Waals surface area contributed by atoms with Crippen LogP contribution < -0.4 is 69.2 Å². The van der Waals surface area contributed by atoms with E-state index in [0.29, 0.717) is 0 Å². The number of hydrogen-bond acceptors (Lipinski definition) is 15. The van der Waals surface area contributed by atoms with Gasteiger partial charge in [0, 0.05) is 45.9 Å². The van der Waals surface area contributed by atoms with Crippen molar-refractivity contribution in [1.29, 1.82) is 0 Å². The summed E-state index contributed by atoms with van der Waals surface area (Å²) in [6, 6.07) is 24.2. The van der Waals surface area contributed by atoms with E-state index in [1.54, 1.807) is 6.92 Å². The van der Waals surface area contributed by atoms with Crippen molar-refractivity contribution in [2.24, 2.45) is 0 Å². The number of rotatable bonds is 3. The third kappa shape index (κ3) is 17.5. The minimum absolute atomic E-state index is 0. The Kier molecular flexibility index (Phi) is 19.0. The Bertz CT molecular complexity index is 1060. The number of nitrogen functional groups attached to an aromatic ring is 3. The molecule has 0 saturated carbocycles. The first-order chi connectivity index (χ1) is 20.0. The van der Waals surface area contributed by atoms with Crippen molar-refractivity contribution >= 4 is 34.1 Å². The number of aliphatic hydroxyl groups is 1. The molecule has 0 aromatic heterocycles. The van der Waals surface area contributed by atoms with E-state index < -0.39 is 20.5 Å². The molecule has 0 amide bonds. The number of nitrogens with zero attached hydrogens (tertiary/aromatic N) is 3. The van der Waals surface area contributed by atoms with Gasteiger partial charge in [0.05, 0.1) is 34.1 Å². The Balaban J connectivity index is 0.00000112. The van der Waals surface area contributed by atoms with Gasteiger partial charge in [-0.05, 0) is 43.3 Å². The van der Waals surface area contributed by atoms with E-state index in [9.17, 15) is 0 Å². The molecule has 249 valence electrons. The average molecular weight is 711 g/mol. The van der Waals surface area contributed by atoms with Crippen LogP contribution in [0.2, 0.25) is 0 Å². The molecule has 15 nitrogen and oxygen atoms in total. The fraction of sp³-hybridized carbons (Fsp3) is 0.308. The molecule has 0 atom stereocenters. The molecule has 1 fully saturated rings. The van der Waals surface area contributed by atoms with Crippen LogP contribution in [0.4, 0.5) is 34.1 Å². The van der Waals surface area contributed by atoms with Crippen molar-refractivity contribution in [2.75, 3.05) is 77.8 Å². The number of aliphatic hydroxyl groups excluding tert-OH is 1. The molecule has 1 aliphatic heterocycles. The summed E-state index contributed by atoms with van der Waals surface area (Å²) in [6.45, 7) is 7.10. The maximum absolute atomic E-state index is 8.49. The van der Waals surface area contributed by atoms with Crippen LogP contribution in [0.1, 0.15) is 6.92 Å². The predicted molar refractivity (Wildman–Crippen MR) is 142 cm³/mol. The van der Waals surface area contributed by atoms with Gasteiger partial charge in [-0.25, -0.2) is 37.3 Å². The second-order valence-electron chi connectivity index (χ2n) is 8.71. The summed E-state index contributed by atoms with van der Waals surface area (Å²) in [7, 11) is -9.89. The maximum atomic E-state index is 8.49. The van der Waals surface area contributed by atoms with Crippen molar-refractivity contribution in [1.82, 2.24) is 0 Å². The molecule has 0 spiro atoms. The van der Waals surface area contributed by atoms with Gasteiger partial charge in [0.2, 0.25) is 0 Å². The largest absolute Gasteiger partial charge is 2.00 e. The van der Waals surface area contributed by atoms with Gasteiger partial charge in [0.1, 0.15) is 0 Å². The Morgan fingerprint density at radius 2 is 0.682 bits per heavy atom. The first kappa shape index (κ1) is 41.2. The Morgan fingerprint density at radius 3 is 0.841 bits per heavy atom. The minimum atomic E-state index is -4.94. The van der Waals surface area contributed by atoms with Crippen LogP contribution in [0.3, 0.4) is 0 Å². The summed E-state index contributed by atoms with van der Waals surface area (Å²) in [5, 5.41) is 7.57. The molecule has 18 heteroatoms. The Hall–Kier alpha value is -2.80. The van der Waals surface area contributed by atoms with Crippen molar-refractivity contribution in [3.8, 4) is 0 Å². The van der Waals surface area contributed by atoms with Crippen LogP contribution in [-0.2, 0) is 17.1 Å². The standard InChI is InChI=1S/C24H30N6.C2H6O.2ClHO4.Cu/c25-19-7-1-4-10-22(19)28-13-15-29(23-11-5-2-8-20(23)26)17-18-30(16-14-28)24-12-6-3-9-21(24)27;1-2-3;2*2-1(3,4)5;/h1-12H,13-18,25-27H2;3H,2H2,1H3;2*(H,2,3,4,5);/q;;;;+2/p-2. The number of nitrogens with two attached hydrogens (primary N) is 3. The second-order valence-corrected chi connectivity index (χ2v) is 10.2. The van der Waals surface area contributed by atoms with E-state index in [1.807, 2.05) is 54.6 Å². The van der Waals surface area contributed by atoms with E-state index in [2.05, 4.69) is 32.9 Å². The van der Waals surface area contributed by atoms with Crippen molar-refractivity contribution < 1.29 is 79.9 Å². The van der Waals surface area contributed by atoms with E-state index in [1.165, 1.54) is 0 Å². The third-order valence-electron chi connectivity index (χ3n) is 5.75. The molecular weight excluding hydrogens is 675 g/mol. The average Bonchev–Trinajstić information content (AvgIpc) is 2.99. The fourth-order valence-electron chi connectivity index (χ4n) is 4.11. The summed E-state index contributed by atoms with van der Waals surface area (Å²) >= 11 is 0. The van der Waals surface area contributed by atoms with Crippen molar-refractivity contribution in [2.45, 2.75) is 6.92 Å². The molecule has 0 bridgehead atoms. The molecule has 0 aliphatic carbocycles. The van der Waals surface area contributed by atoms with Gasteiger partial charge in [-0.1, -0.05) is 36.4 Å². The summed E-state index contributed by atoms with van der Waals surface area (Å²) in [5.41, 5.74) is 24.5. The van der Waals surface area contributed by atoms with Crippen LogP contribution in [-0.4, -0.2) is 51.0 Å². The van der Waals surface area contributed by atoms with Crippen LogP contribution in [0, 0.1) is 20.5 Å². The topological polar surface area (TPSA) is 292 Å². The van der Waals surface area contributed by atoms with Crippen LogP contribution >= 0.6 is 0 Å². The van der Waals surface area contributed by atoms with Gasteiger partial charge in [0.25, 0.3) is 0 Å². The normalized spacial score (nSPS) is 13.6. The predicted octanol–water partition coefficient (Wildman–Crippen LogP) is -6.25. The molecular formula is C26H36Cl2CuN6O9. The number of halogens is 2. The van der Waals surface area contributed by atoms with E-state index in [4.69, 9.17) is 59.6 Å². The van der Waals surface area contributed by atoms with Crippen LogP contribution in [0.5, 0.6) is 0 Å². The second kappa shape index (κ2) is 20.3. The SMILES string of the molecule is CCO.Nc1ccccc1N1CCN(c2ccccc2N)CCN(c2ccccc2N)CC1.[Cu+2].[O-][Cl+3]([O-])([O-])[O-].[O-][Cl+3]([O-])([O-])[O-]. The van der Waals surface area contributed by atoms with Crippen molar-refractivity contribution in [3.05, 3.63) is 72.8 Å². The fourth-order valence-corrected chi connectivity index (χ4v) is 4.11. The third-order valence-corrected chi connectivity index (χ3v) is 5.75. The Morgan fingerprint density at radius 1 is 0.523 bits per heavy atom. The number of hydrogen-bond donors (Lipinski definition) is 4. The first-order valence-corrected chi connectivity index (χ1v) is 15.1. The first-order valence-electron chi connectivity index (χ1n) is 12.7. The Labute approximate surface area is 270 Å². The zero-order chi connectivity index (χ0) is 32.6. The molecule has 1 radical (unpaired) electrons. The summed E-state index contributed by atoms with van der Waals surface area (Å²) in [6.07, 6.45) is 0. The van der Waals surface area contributed by atoms with Gasteiger partial charge in [-0.15, -0.1) is 20.5 Å². The molecule has 0 unspecified atom stereocenters. The zero-order valence-electron chi connectivity index (χ0n) is 23.7. The molecule has 1 saturated heterocycles. The van der Waals surface area contributed by atoms with Crippen LogP contribution in [0.25, 0.3) is 0 Å². The quantitative estimate of drug-likeness (QED) is 0.145. The zero-order valence-corrected chi connectivity index (χ0v) is 26.2. The van der Waals surface area contributed by atoms with Crippen molar-refractivity contribution in [3.63, 3.8) is 0 Å². The minimum Gasteiger partial charge on any atom is -0.397 e. The van der Waals surface area contributed by atoms with Gasteiger partial charge < -0.3 is 37.0 Å². The smallest absolute Gasteiger partial charge is 0.397 e. The molecule has 3 aromatic rings. The molecule has 3 aromatic carbocycles. The molecule has 1 aliphatic rings. The summed E-state index contributed by atoms with van der Waals surface area (Å²) in [4.78, 5) is 7.08. The van der Waals surface area contributed by atoms with Gasteiger partial charge in [0.15, 0.2) is 0 Å². The maximum Gasteiger partial charge on any atom is 2.00 e. The van der Waals surface area contributed by atoms with E-state index in [-0.39, 0.29) is 23.7 Å². The molecule has 7 N–H and O–H groups in total. The molecule has 44 heavy (non-hydrogen) atoms. The number of anilines is 6. The van der Waals surface area contributed by atoms with Gasteiger partial charge >= 0.3 is 17.1 Å². The van der Waals surface area contributed by atoms with E-state index in [0.717, 1.165) is 73.4 Å². The molecule has 1 heterocycles. The van der Waals surface area contributed by atoms with Crippen LogP contribution in [0.15, 0.2) is 72.8 Å².